The fourth-order valence-electron chi connectivity index (χ4n) is 2.00. The summed E-state index contributed by atoms with van der Waals surface area (Å²) in [6.45, 7) is 5.13. The first-order chi connectivity index (χ1) is 12.0. The second-order valence-electron chi connectivity index (χ2n) is 6.40. The minimum Gasteiger partial charge on any atom is -0.444 e. The van der Waals surface area contributed by atoms with E-state index in [1.54, 1.807) is 26.8 Å². The van der Waals surface area contributed by atoms with Crippen molar-refractivity contribution in [1.29, 1.82) is 0 Å². The molecule has 0 spiro atoms. The Hall–Kier alpha value is -2.31. The highest BCUT2D eigenvalue weighted by atomic mass is 35.5. The third-order valence-corrected chi connectivity index (χ3v) is 3.60. The highest BCUT2D eigenvalue weighted by molar-refractivity contribution is 6.36. The van der Waals surface area contributed by atoms with Crippen LogP contribution in [-0.4, -0.2) is 17.6 Å². The van der Waals surface area contributed by atoms with Crippen molar-refractivity contribution in [2.45, 2.75) is 26.4 Å². The highest BCUT2D eigenvalue weighted by Crippen LogP contribution is 2.26. The van der Waals surface area contributed by atoms with E-state index in [4.69, 9.17) is 27.9 Å². The summed E-state index contributed by atoms with van der Waals surface area (Å²) in [5.74, 6) is -1.19. The van der Waals surface area contributed by atoms with Crippen LogP contribution in [0.5, 0.6) is 0 Å². The number of anilines is 2. The lowest BCUT2D eigenvalue weighted by molar-refractivity contribution is 0.0635. The summed E-state index contributed by atoms with van der Waals surface area (Å²) in [6, 6.07) is 7.94. The van der Waals surface area contributed by atoms with Gasteiger partial charge in [-0.25, -0.2) is 9.18 Å². The van der Waals surface area contributed by atoms with Gasteiger partial charge in [0.2, 0.25) is 0 Å². The summed E-state index contributed by atoms with van der Waals surface area (Å²) in [6.07, 6.45) is -0.736. The van der Waals surface area contributed by atoms with E-state index in [0.717, 1.165) is 12.1 Å². The number of halogens is 3. The standard InChI is InChI=1S/C18H17Cl2FN2O3/c1-18(2,3)26-17(25)23-14-7-5-11(21)9-15(14)22-16(24)12-8-10(19)4-6-13(12)20/h4-9H,1-3H3,(H,22,24)(H,23,25). The van der Waals surface area contributed by atoms with Crippen LogP contribution in [-0.2, 0) is 4.74 Å². The normalized spacial score (nSPS) is 11.0. The van der Waals surface area contributed by atoms with Crippen molar-refractivity contribution in [1.82, 2.24) is 0 Å². The molecule has 0 aliphatic carbocycles. The van der Waals surface area contributed by atoms with Crippen molar-refractivity contribution in [2.24, 2.45) is 0 Å². The SMILES string of the molecule is CC(C)(C)OC(=O)Nc1ccc(F)cc1NC(=O)c1cc(Cl)ccc1Cl. The van der Waals surface area contributed by atoms with Crippen molar-refractivity contribution in [3.8, 4) is 0 Å². The van der Waals surface area contributed by atoms with Crippen molar-refractivity contribution in [2.75, 3.05) is 10.6 Å². The molecule has 0 bridgehead atoms. The Balaban J connectivity index is 2.26. The Labute approximate surface area is 160 Å². The van der Waals surface area contributed by atoms with Crippen LogP contribution in [0.25, 0.3) is 0 Å². The van der Waals surface area contributed by atoms with E-state index in [-0.39, 0.29) is 22.0 Å². The lowest BCUT2D eigenvalue weighted by atomic mass is 10.2. The minimum atomic E-state index is -0.736. The summed E-state index contributed by atoms with van der Waals surface area (Å²) < 4.78 is 18.8. The molecule has 2 amide bonds. The first kappa shape index (κ1) is 20.0. The smallest absolute Gasteiger partial charge is 0.412 e. The predicted molar refractivity (Wildman–Crippen MR) is 101 cm³/mol. The largest absolute Gasteiger partial charge is 0.444 e. The quantitative estimate of drug-likeness (QED) is 0.693. The van der Waals surface area contributed by atoms with Crippen LogP contribution in [0.1, 0.15) is 31.1 Å². The zero-order valence-corrected chi connectivity index (χ0v) is 15.8. The molecule has 0 atom stereocenters. The minimum absolute atomic E-state index is 0.0527. The molecule has 5 nitrogen and oxygen atoms in total. The van der Waals surface area contributed by atoms with E-state index in [9.17, 15) is 14.0 Å². The third kappa shape index (κ3) is 5.61. The molecule has 2 aromatic rings. The lowest BCUT2D eigenvalue weighted by Crippen LogP contribution is -2.27. The molecule has 0 heterocycles. The second-order valence-corrected chi connectivity index (χ2v) is 7.24. The molecule has 0 aliphatic rings. The molecule has 0 aliphatic heterocycles. The monoisotopic (exact) mass is 398 g/mol. The Morgan fingerprint density at radius 2 is 1.69 bits per heavy atom. The molecule has 0 radical (unpaired) electrons. The van der Waals surface area contributed by atoms with Gasteiger partial charge < -0.3 is 10.1 Å². The van der Waals surface area contributed by atoms with E-state index in [1.807, 2.05) is 0 Å². The van der Waals surface area contributed by atoms with Gasteiger partial charge in [0.1, 0.15) is 11.4 Å². The average molecular weight is 399 g/mol. The second kappa shape index (κ2) is 7.93. The lowest BCUT2D eigenvalue weighted by Gasteiger charge is -2.20. The molecule has 138 valence electrons. The third-order valence-electron chi connectivity index (χ3n) is 3.04. The number of rotatable bonds is 3. The molecule has 2 rings (SSSR count). The number of hydrogen-bond donors (Lipinski definition) is 2. The van der Waals surface area contributed by atoms with E-state index in [0.29, 0.717) is 5.02 Å². The number of ether oxygens (including phenoxy) is 1. The Bertz CT molecular complexity index is 851. The van der Waals surface area contributed by atoms with Gasteiger partial charge in [-0.3, -0.25) is 10.1 Å². The Morgan fingerprint density at radius 3 is 2.35 bits per heavy atom. The molecule has 0 saturated heterocycles. The van der Waals surface area contributed by atoms with Crippen molar-refractivity contribution >= 4 is 46.6 Å². The van der Waals surface area contributed by atoms with Crippen molar-refractivity contribution in [3.05, 3.63) is 57.8 Å². The summed E-state index contributed by atoms with van der Waals surface area (Å²) in [5.41, 5.74) is -0.363. The molecule has 2 N–H and O–H groups in total. The average Bonchev–Trinajstić information content (AvgIpc) is 2.50. The molecule has 0 aromatic heterocycles. The topological polar surface area (TPSA) is 67.4 Å². The van der Waals surface area contributed by atoms with Crippen LogP contribution in [0.2, 0.25) is 10.0 Å². The number of carbonyl (C=O) groups excluding carboxylic acids is 2. The zero-order valence-electron chi connectivity index (χ0n) is 14.3. The van der Waals surface area contributed by atoms with Gasteiger partial charge in [-0.15, -0.1) is 0 Å². The highest BCUT2D eigenvalue weighted by Gasteiger charge is 2.19. The molecule has 26 heavy (non-hydrogen) atoms. The van der Waals surface area contributed by atoms with Gasteiger partial charge >= 0.3 is 6.09 Å². The van der Waals surface area contributed by atoms with Crippen LogP contribution >= 0.6 is 23.2 Å². The number of benzene rings is 2. The summed E-state index contributed by atoms with van der Waals surface area (Å²) in [5, 5.41) is 5.50. The maximum absolute atomic E-state index is 13.6. The Morgan fingerprint density at radius 1 is 1.00 bits per heavy atom. The van der Waals surface area contributed by atoms with Gasteiger partial charge in [-0.1, -0.05) is 23.2 Å². The van der Waals surface area contributed by atoms with Crippen LogP contribution in [0.4, 0.5) is 20.6 Å². The first-order valence-electron chi connectivity index (χ1n) is 7.61. The van der Waals surface area contributed by atoms with E-state index < -0.39 is 23.4 Å². The molecular weight excluding hydrogens is 382 g/mol. The summed E-state index contributed by atoms with van der Waals surface area (Å²) in [4.78, 5) is 24.4. The number of nitrogens with one attached hydrogen (secondary N) is 2. The van der Waals surface area contributed by atoms with Crippen LogP contribution in [0, 0.1) is 5.82 Å². The van der Waals surface area contributed by atoms with Crippen molar-refractivity contribution < 1.29 is 18.7 Å². The fraction of sp³-hybridized carbons (Fsp3) is 0.222. The summed E-state index contributed by atoms with van der Waals surface area (Å²) in [7, 11) is 0. The first-order valence-corrected chi connectivity index (χ1v) is 8.37. The fourth-order valence-corrected chi connectivity index (χ4v) is 2.38. The van der Waals surface area contributed by atoms with E-state index in [2.05, 4.69) is 10.6 Å². The molecule has 8 heteroatoms. The molecule has 2 aromatic carbocycles. The van der Waals surface area contributed by atoms with Crippen LogP contribution < -0.4 is 10.6 Å². The van der Waals surface area contributed by atoms with Crippen LogP contribution in [0.3, 0.4) is 0 Å². The number of hydrogen-bond acceptors (Lipinski definition) is 3. The maximum atomic E-state index is 13.6. The van der Waals surface area contributed by atoms with Gasteiger partial charge in [0.15, 0.2) is 0 Å². The Kier molecular flexibility index (Phi) is 6.10. The van der Waals surface area contributed by atoms with Gasteiger partial charge in [0, 0.05) is 5.02 Å². The van der Waals surface area contributed by atoms with E-state index in [1.165, 1.54) is 18.2 Å². The maximum Gasteiger partial charge on any atom is 0.412 e. The molecule has 0 fully saturated rings. The van der Waals surface area contributed by atoms with Crippen LogP contribution in [0.15, 0.2) is 36.4 Å². The predicted octanol–water partition coefficient (Wildman–Crippen LogP) is 5.73. The van der Waals surface area contributed by atoms with Gasteiger partial charge in [0.05, 0.1) is 22.0 Å². The number of carbonyl (C=O) groups is 2. The van der Waals surface area contributed by atoms with Gasteiger partial charge in [0.25, 0.3) is 5.91 Å². The zero-order chi connectivity index (χ0) is 19.5. The van der Waals surface area contributed by atoms with E-state index >= 15 is 0 Å². The summed E-state index contributed by atoms with van der Waals surface area (Å²) >= 11 is 11.9. The van der Waals surface area contributed by atoms with Gasteiger partial charge in [-0.2, -0.15) is 0 Å². The number of amides is 2. The molecule has 0 saturated carbocycles. The van der Waals surface area contributed by atoms with Gasteiger partial charge in [-0.05, 0) is 57.2 Å². The molecular formula is C18H17Cl2FN2O3. The van der Waals surface area contributed by atoms with Crippen molar-refractivity contribution in [3.63, 3.8) is 0 Å². The molecule has 0 unspecified atom stereocenters.